The molecular formula is C14H17ClN2O2. The molecule has 0 unspecified atom stereocenters. The average Bonchev–Trinajstić information content (AvgIpc) is 2.85. The van der Waals surface area contributed by atoms with Crippen molar-refractivity contribution < 1.29 is 9.15 Å². The van der Waals surface area contributed by atoms with E-state index in [1.165, 1.54) is 0 Å². The Hall–Kier alpha value is -1.55. The van der Waals surface area contributed by atoms with Crippen molar-refractivity contribution >= 4 is 11.6 Å². The van der Waals surface area contributed by atoms with Crippen LogP contribution in [-0.4, -0.2) is 16.1 Å². The highest BCUT2D eigenvalue weighted by molar-refractivity contribution is 6.17. The maximum atomic E-state index is 5.70. The molecule has 0 saturated carbocycles. The molecular weight excluding hydrogens is 264 g/mol. The lowest BCUT2D eigenvalue weighted by Gasteiger charge is -2.07. The van der Waals surface area contributed by atoms with E-state index in [4.69, 9.17) is 20.8 Å². The zero-order valence-corrected chi connectivity index (χ0v) is 11.9. The van der Waals surface area contributed by atoms with Crippen LogP contribution in [-0.2, 0) is 13.0 Å². The molecule has 102 valence electrons. The van der Waals surface area contributed by atoms with Crippen molar-refractivity contribution in [3.8, 4) is 5.75 Å². The molecule has 4 nitrogen and oxygen atoms in total. The molecule has 0 aliphatic rings. The van der Waals surface area contributed by atoms with E-state index in [-0.39, 0.29) is 6.61 Å². The standard InChI is InChI=1S/C14H17ClN2O2/c1-10-5-6-11(2)12(8-10)18-9-14-17-16-13(19-14)4-3-7-15/h5-6,8H,3-4,7,9H2,1-2H3. The molecule has 19 heavy (non-hydrogen) atoms. The second kappa shape index (κ2) is 6.57. The maximum absolute atomic E-state index is 5.70. The van der Waals surface area contributed by atoms with Crippen LogP contribution in [0.25, 0.3) is 0 Å². The zero-order valence-electron chi connectivity index (χ0n) is 11.1. The molecule has 0 bridgehead atoms. The van der Waals surface area contributed by atoms with Crippen molar-refractivity contribution in [1.82, 2.24) is 10.2 Å². The predicted octanol–water partition coefficient (Wildman–Crippen LogP) is 3.44. The molecule has 2 rings (SSSR count). The van der Waals surface area contributed by atoms with Crippen LogP contribution in [0.3, 0.4) is 0 Å². The molecule has 0 spiro atoms. The van der Waals surface area contributed by atoms with Crippen LogP contribution in [0.4, 0.5) is 0 Å². The highest BCUT2D eigenvalue weighted by Crippen LogP contribution is 2.20. The highest BCUT2D eigenvalue weighted by atomic mass is 35.5. The van der Waals surface area contributed by atoms with E-state index in [0.29, 0.717) is 24.1 Å². The Bertz CT molecular complexity index is 540. The summed E-state index contributed by atoms with van der Waals surface area (Å²) < 4.78 is 11.2. The van der Waals surface area contributed by atoms with Gasteiger partial charge in [-0.25, -0.2) is 0 Å². The van der Waals surface area contributed by atoms with Crippen molar-refractivity contribution in [2.45, 2.75) is 33.3 Å². The molecule has 0 aliphatic heterocycles. The third kappa shape index (κ3) is 3.96. The number of halogens is 1. The summed E-state index contributed by atoms with van der Waals surface area (Å²) in [6.07, 6.45) is 1.54. The minimum absolute atomic E-state index is 0.290. The van der Waals surface area contributed by atoms with Crippen LogP contribution < -0.4 is 4.74 Å². The fraction of sp³-hybridized carbons (Fsp3) is 0.429. The van der Waals surface area contributed by atoms with Gasteiger partial charge in [0.05, 0.1) is 0 Å². The largest absolute Gasteiger partial charge is 0.484 e. The first-order chi connectivity index (χ1) is 9.19. The molecule has 2 aromatic rings. The summed E-state index contributed by atoms with van der Waals surface area (Å²) in [7, 11) is 0. The monoisotopic (exact) mass is 280 g/mol. The van der Waals surface area contributed by atoms with Crippen LogP contribution in [0.2, 0.25) is 0 Å². The fourth-order valence-electron chi connectivity index (χ4n) is 1.67. The van der Waals surface area contributed by atoms with Gasteiger partial charge in [0, 0.05) is 12.3 Å². The van der Waals surface area contributed by atoms with Crippen LogP contribution in [0.5, 0.6) is 5.75 Å². The molecule has 0 fully saturated rings. The molecule has 1 aromatic carbocycles. The van der Waals surface area contributed by atoms with E-state index >= 15 is 0 Å². The summed E-state index contributed by atoms with van der Waals surface area (Å²) in [6, 6.07) is 6.09. The number of hydrogen-bond donors (Lipinski definition) is 0. The van der Waals surface area contributed by atoms with Gasteiger partial charge in [-0.15, -0.1) is 21.8 Å². The lowest BCUT2D eigenvalue weighted by molar-refractivity contribution is 0.257. The Kier molecular flexibility index (Phi) is 4.80. The van der Waals surface area contributed by atoms with E-state index in [9.17, 15) is 0 Å². The Balaban J connectivity index is 1.94. The Morgan fingerprint density at radius 2 is 2.00 bits per heavy atom. The molecule has 0 saturated heterocycles. The molecule has 1 aromatic heterocycles. The molecule has 0 atom stereocenters. The van der Waals surface area contributed by atoms with Gasteiger partial charge in [-0.3, -0.25) is 0 Å². The van der Waals surface area contributed by atoms with Gasteiger partial charge in [0.15, 0.2) is 6.61 Å². The van der Waals surface area contributed by atoms with E-state index in [1.54, 1.807) is 0 Å². The lowest BCUT2D eigenvalue weighted by atomic mass is 10.1. The SMILES string of the molecule is Cc1ccc(C)c(OCc2nnc(CCCCl)o2)c1. The first kappa shape index (κ1) is 13.9. The Morgan fingerprint density at radius 1 is 1.21 bits per heavy atom. The second-order valence-electron chi connectivity index (χ2n) is 4.44. The first-order valence-corrected chi connectivity index (χ1v) is 6.80. The minimum atomic E-state index is 0.290. The summed E-state index contributed by atoms with van der Waals surface area (Å²) in [5, 5.41) is 7.90. The van der Waals surface area contributed by atoms with Crippen molar-refractivity contribution in [3.63, 3.8) is 0 Å². The fourth-order valence-corrected chi connectivity index (χ4v) is 1.80. The van der Waals surface area contributed by atoms with Crippen LogP contribution in [0.15, 0.2) is 22.6 Å². The number of aromatic nitrogens is 2. The Morgan fingerprint density at radius 3 is 2.79 bits per heavy atom. The van der Waals surface area contributed by atoms with E-state index < -0.39 is 0 Å². The summed E-state index contributed by atoms with van der Waals surface area (Å²) in [4.78, 5) is 0. The van der Waals surface area contributed by atoms with Gasteiger partial charge in [-0.2, -0.15) is 0 Å². The van der Waals surface area contributed by atoms with Crippen molar-refractivity contribution in [2.75, 3.05) is 5.88 Å². The third-order valence-electron chi connectivity index (χ3n) is 2.73. The average molecular weight is 281 g/mol. The highest BCUT2D eigenvalue weighted by Gasteiger charge is 2.07. The number of ether oxygens (including phenoxy) is 1. The predicted molar refractivity (Wildman–Crippen MR) is 73.6 cm³/mol. The van der Waals surface area contributed by atoms with Crippen molar-refractivity contribution in [3.05, 3.63) is 41.1 Å². The quantitative estimate of drug-likeness (QED) is 0.761. The van der Waals surface area contributed by atoms with Crippen LogP contribution in [0.1, 0.15) is 29.3 Å². The van der Waals surface area contributed by atoms with Gasteiger partial charge in [-0.1, -0.05) is 12.1 Å². The number of benzene rings is 1. The first-order valence-electron chi connectivity index (χ1n) is 6.26. The van der Waals surface area contributed by atoms with E-state index in [0.717, 1.165) is 23.3 Å². The number of hydrogen-bond acceptors (Lipinski definition) is 4. The minimum Gasteiger partial charge on any atom is -0.484 e. The molecule has 5 heteroatoms. The number of alkyl halides is 1. The Labute approximate surface area is 117 Å². The van der Waals surface area contributed by atoms with Gasteiger partial charge in [0.25, 0.3) is 5.89 Å². The number of nitrogens with zero attached hydrogens (tertiary/aromatic N) is 2. The van der Waals surface area contributed by atoms with E-state index in [2.05, 4.69) is 16.3 Å². The van der Waals surface area contributed by atoms with Gasteiger partial charge >= 0.3 is 0 Å². The summed E-state index contributed by atoms with van der Waals surface area (Å²) in [6.45, 7) is 4.33. The second-order valence-corrected chi connectivity index (χ2v) is 4.82. The smallest absolute Gasteiger partial charge is 0.253 e. The number of aryl methyl sites for hydroxylation is 3. The van der Waals surface area contributed by atoms with Gasteiger partial charge in [0.2, 0.25) is 5.89 Å². The zero-order chi connectivity index (χ0) is 13.7. The summed E-state index contributed by atoms with van der Waals surface area (Å²) in [5.74, 6) is 2.54. The van der Waals surface area contributed by atoms with Crippen LogP contribution in [0, 0.1) is 13.8 Å². The molecule has 0 amide bonds. The van der Waals surface area contributed by atoms with Crippen LogP contribution >= 0.6 is 11.6 Å². The van der Waals surface area contributed by atoms with Gasteiger partial charge in [-0.05, 0) is 37.5 Å². The molecule has 0 aliphatic carbocycles. The van der Waals surface area contributed by atoms with Crippen molar-refractivity contribution in [1.29, 1.82) is 0 Å². The maximum Gasteiger partial charge on any atom is 0.253 e. The molecule has 0 N–H and O–H groups in total. The number of rotatable bonds is 6. The molecule has 0 radical (unpaired) electrons. The lowest BCUT2D eigenvalue weighted by Crippen LogP contribution is -1.97. The van der Waals surface area contributed by atoms with E-state index in [1.807, 2.05) is 26.0 Å². The van der Waals surface area contributed by atoms with Gasteiger partial charge in [0.1, 0.15) is 5.75 Å². The summed E-state index contributed by atoms with van der Waals surface area (Å²) in [5.41, 5.74) is 2.25. The third-order valence-corrected chi connectivity index (χ3v) is 3.00. The topological polar surface area (TPSA) is 48.2 Å². The summed E-state index contributed by atoms with van der Waals surface area (Å²) >= 11 is 5.62. The normalized spacial score (nSPS) is 10.7. The van der Waals surface area contributed by atoms with Gasteiger partial charge < -0.3 is 9.15 Å². The molecule has 1 heterocycles. The van der Waals surface area contributed by atoms with Crippen molar-refractivity contribution in [2.24, 2.45) is 0 Å².